The summed E-state index contributed by atoms with van der Waals surface area (Å²) in [6.07, 6.45) is 6.14. The van der Waals surface area contributed by atoms with Crippen LogP contribution in [0.5, 0.6) is 5.88 Å². The van der Waals surface area contributed by atoms with Gasteiger partial charge in [0.1, 0.15) is 0 Å². The lowest BCUT2D eigenvalue weighted by atomic mass is 9.93. The molecule has 0 N–H and O–H groups in total. The molecule has 4 rings (SSSR count). The van der Waals surface area contributed by atoms with Gasteiger partial charge in [0.25, 0.3) is 5.91 Å². The van der Waals surface area contributed by atoms with Gasteiger partial charge in [0.2, 0.25) is 11.8 Å². The van der Waals surface area contributed by atoms with Gasteiger partial charge in [-0.2, -0.15) is 4.98 Å². The van der Waals surface area contributed by atoms with Crippen LogP contribution in [0.3, 0.4) is 0 Å². The summed E-state index contributed by atoms with van der Waals surface area (Å²) in [5.74, 6) is 2.87. The van der Waals surface area contributed by atoms with E-state index in [1.807, 2.05) is 4.90 Å². The molecule has 0 aliphatic carbocycles. The predicted molar refractivity (Wildman–Crippen MR) is 100 cm³/mol. The largest absolute Gasteiger partial charge is 0.481 e. The van der Waals surface area contributed by atoms with Gasteiger partial charge in [-0.05, 0) is 37.7 Å². The third-order valence-corrected chi connectivity index (χ3v) is 5.63. The van der Waals surface area contributed by atoms with Gasteiger partial charge in [-0.3, -0.25) is 4.79 Å². The van der Waals surface area contributed by atoms with Crippen LogP contribution in [-0.2, 0) is 11.2 Å². The first kappa shape index (κ1) is 18.9. The predicted octanol–water partition coefficient (Wildman–Crippen LogP) is 2.46. The highest BCUT2D eigenvalue weighted by Crippen LogP contribution is 2.26. The van der Waals surface area contributed by atoms with Crippen LogP contribution in [0.25, 0.3) is 0 Å². The highest BCUT2D eigenvalue weighted by Gasteiger charge is 2.26. The van der Waals surface area contributed by atoms with Crippen molar-refractivity contribution < 1.29 is 18.8 Å². The molecule has 0 radical (unpaired) electrons. The minimum atomic E-state index is 0.0215. The zero-order valence-electron chi connectivity index (χ0n) is 16.2. The van der Waals surface area contributed by atoms with Crippen LogP contribution in [0.2, 0.25) is 0 Å². The number of rotatable bonds is 5. The van der Waals surface area contributed by atoms with E-state index in [0.717, 1.165) is 64.2 Å². The molecule has 0 bridgehead atoms. The molecular formula is C20H26N4O4. The second-order valence-electron chi connectivity index (χ2n) is 7.46. The van der Waals surface area contributed by atoms with Gasteiger partial charge < -0.3 is 18.9 Å². The van der Waals surface area contributed by atoms with Gasteiger partial charge in [0.05, 0.1) is 12.7 Å². The van der Waals surface area contributed by atoms with Crippen molar-refractivity contribution in [2.45, 2.75) is 38.0 Å². The molecule has 0 spiro atoms. The van der Waals surface area contributed by atoms with Crippen molar-refractivity contribution in [3.05, 3.63) is 35.6 Å². The lowest BCUT2D eigenvalue weighted by Crippen LogP contribution is -2.39. The minimum absolute atomic E-state index is 0.0215. The number of ether oxygens (including phenoxy) is 2. The molecule has 28 heavy (non-hydrogen) atoms. The van der Waals surface area contributed by atoms with Gasteiger partial charge in [0.15, 0.2) is 5.82 Å². The number of carbonyl (C=O) groups is 1. The maximum absolute atomic E-state index is 12.6. The number of hydrogen-bond donors (Lipinski definition) is 0. The number of amides is 1. The quantitative estimate of drug-likeness (QED) is 0.779. The van der Waals surface area contributed by atoms with Crippen LogP contribution in [0.1, 0.15) is 53.7 Å². The molecule has 2 saturated heterocycles. The summed E-state index contributed by atoms with van der Waals surface area (Å²) in [5, 5.41) is 4.18. The van der Waals surface area contributed by atoms with Crippen LogP contribution < -0.4 is 4.74 Å². The summed E-state index contributed by atoms with van der Waals surface area (Å²) in [4.78, 5) is 23.3. The number of aromatic nitrogens is 3. The second kappa shape index (κ2) is 8.68. The van der Waals surface area contributed by atoms with E-state index < -0.39 is 0 Å². The maximum atomic E-state index is 12.6. The Balaban J connectivity index is 1.28. The number of hydrogen-bond acceptors (Lipinski definition) is 7. The summed E-state index contributed by atoms with van der Waals surface area (Å²) in [5.41, 5.74) is 0.595. The first-order valence-corrected chi connectivity index (χ1v) is 9.92. The number of carbonyl (C=O) groups excluding carboxylic acids is 1. The van der Waals surface area contributed by atoms with Gasteiger partial charge in [-0.15, -0.1) is 0 Å². The molecule has 2 aromatic heterocycles. The van der Waals surface area contributed by atoms with Crippen molar-refractivity contribution in [3.63, 3.8) is 0 Å². The highest BCUT2D eigenvalue weighted by molar-refractivity contribution is 5.94. The van der Waals surface area contributed by atoms with E-state index in [0.29, 0.717) is 29.2 Å². The molecular weight excluding hydrogens is 360 g/mol. The first-order valence-electron chi connectivity index (χ1n) is 9.92. The molecule has 0 saturated carbocycles. The Morgan fingerprint density at radius 2 is 2.00 bits per heavy atom. The standard InChI is InChI=1S/C20H26N4O4/c1-26-17-3-2-16(13-21-17)20(25)24-8-4-14(5-9-24)12-18-22-19(23-28-18)15-6-10-27-11-7-15/h2-3,13-15H,4-12H2,1H3. The Hall–Kier alpha value is -2.48. The lowest BCUT2D eigenvalue weighted by Gasteiger charge is -2.31. The van der Waals surface area contributed by atoms with Crippen molar-refractivity contribution >= 4 is 5.91 Å². The van der Waals surface area contributed by atoms with E-state index >= 15 is 0 Å². The number of methoxy groups -OCH3 is 1. The van der Waals surface area contributed by atoms with Crippen LogP contribution in [0.15, 0.2) is 22.9 Å². The fourth-order valence-corrected chi connectivity index (χ4v) is 3.87. The molecule has 8 heteroatoms. The maximum Gasteiger partial charge on any atom is 0.255 e. The average Bonchev–Trinajstić information content (AvgIpc) is 3.23. The van der Waals surface area contributed by atoms with Crippen LogP contribution >= 0.6 is 0 Å². The number of pyridine rings is 1. The molecule has 0 aromatic carbocycles. The van der Waals surface area contributed by atoms with Crippen molar-refractivity contribution in [1.29, 1.82) is 0 Å². The fraction of sp³-hybridized carbons (Fsp3) is 0.600. The monoisotopic (exact) mass is 386 g/mol. The Morgan fingerprint density at radius 1 is 1.21 bits per heavy atom. The first-order chi connectivity index (χ1) is 13.7. The van der Waals surface area contributed by atoms with Crippen LogP contribution in [0, 0.1) is 5.92 Å². The Morgan fingerprint density at radius 3 is 2.68 bits per heavy atom. The average molecular weight is 386 g/mol. The summed E-state index contributed by atoms with van der Waals surface area (Å²) in [7, 11) is 1.56. The Labute approximate surface area is 164 Å². The van der Waals surface area contributed by atoms with E-state index in [-0.39, 0.29) is 5.91 Å². The van der Waals surface area contributed by atoms with Crippen LogP contribution in [-0.4, -0.2) is 59.3 Å². The molecule has 1 amide bonds. The number of nitrogens with zero attached hydrogens (tertiary/aromatic N) is 4. The minimum Gasteiger partial charge on any atom is -0.481 e. The van der Waals surface area contributed by atoms with Crippen LogP contribution in [0.4, 0.5) is 0 Å². The van der Waals surface area contributed by atoms with Gasteiger partial charge in [-0.25, -0.2) is 4.98 Å². The molecule has 2 aliphatic heterocycles. The lowest BCUT2D eigenvalue weighted by molar-refractivity contribution is 0.0687. The third kappa shape index (κ3) is 4.32. The second-order valence-corrected chi connectivity index (χ2v) is 7.46. The topological polar surface area (TPSA) is 90.6 Å². The zero-order chi connectivity index (χ0) is 19.3. The van der Waals surface area contributed by atoms with E-state index in [4.69, 9.17) is 14.0 Å². The van der Waals surface area contributed by atoms with Crippen molar-refractivity contribution in [1.82, 2.24) is 20.0 Å². The van der Waals surface area contributed by atoms with Gasteiger partial charge in [-0.1, -0.05) is 5.16 Å². The Bertz CT molecular complexity index is 778. The van der Waals surface area contributed by atoms with Gasteiger partial charge in [0, 0.05) is 50.9 Å². The number of piperidine rings is 1. The molecule has 8 nitrogen and oxygen atoms in total. The van der Waals surface area contributed by atoms with Crippen molar-refractivity contribution in [3.8, 4) is 5.88 Å². The molecule has 2 aromatic rings. The van der Waals surface area contributed by atoms with E-state index in [1.54, 1.807) is 25.4 Å². The van der Waals surface area contributed by atoms with E-state index in [2.05, 4.69) is 15.1 Å². The fourth-order valence-electron chi connectivity index (χ4n) is 3.87. The third-order valence-electron chi connectivity index (χ3n) is 5.63. The zero-order valence-corrected chi connectivity index (χ0v) is 16.2. The molecule has 0 unspecified atom stereocenters. The summed E-state index contributed by atoms with van der Waals surface area (Å²) >= 11 is 0. The van der Waals surface area contributed by atoms with E-state index in [9.17, 15) is 4.79 Å². The molecule has 150 valence electrons. The normalized spacial score (nSPS) is 19.0. The molecule has 2 aliphatic rings. The smallest absolute Gasteiger partial charge is 0.255 e. The van der Waals surface area contributed by atoms with Crippen molar-refractivity contribution in [2.75, 3.05) is 33.4 Å². The molecule has 2 fully saturated rings. The summed E-state index contributed by atoms with van der Waals surface area (Å²) in [6, 6.07) is 3.47. The summed E-state index contributed by atoms with van der Waals surface area (Å²) < 4.78 is 15.9. The van der Waals surface area contributed by atoms with Crippen molar-refractivity contribution in [2.24, 2.45) is 5.92 Å². The molecule has 0 atom stereocenters. The van der Waals surface area contributed by atoms with Gasteiger partial charge >= 0.3 is 0 Å². The Kier molecular flexibility index (Phi) is 5.85. The number of likely N-dealkylation sites (tertiary alicyclic amines) is 1. The summed E-state index contributed by atoms with van der Waals surface area (Å²) in [6.45, 7) is 3.00. The highest BCUT2D eigenvalue weighted by atomic mass is 16.5. The molecule has 4 heterocycles. The SMILES string of the molecule is COc1ccc(C(=O)N2CCC(Cc3nc(C4CCOCC4)no3)CC2)cn1. The van der Waals surface area contributed by atoms with E-state index in [1.165, 1.54) is 0 Å².